The number of nitrogens with one attached hydrogen (secondary N) is 3. The highest BCUT2D eigenvalue weighted by Gasteiger charge is 2.63. The van der Waals surface area contributed by atoms with Crippen molar-refractivity contribution in [2.45, 2.75) is 101 Å². The van der Waals surface area contributed by atoms with Crippen LogP contribution >= 0.6 is 0 Å². The first-order valence-electron chi connectivity index (χ1n) is 17.6. The SMILES string of the molecule is CCOc1nnc(O[C@@H]2C[C@H]3C(=O)N[C@]4(C(=O)NS(=O)(=O)C5(C)CC5)C[C@H]4/C=C\CC[C@@H](C)C[C@@H](C)[C@H](NC(=O)O)C(=O)N3C2)c2ccccc12. The maximum Gasteiger partial charge on any atom is 0.405 e. The molecule has 6 rings (SSSR count). The number of carboxylic acid groups (broad SMARTS) is 1. The van der Waals surface area contributed by atoms with Crippen LogP contribution in [-0.4, -0.2) is 94.1 Å². The quantitative estimate of drug-likeness (QED) is 0.291. The number of rotatable bonds is 8. The van der Waals surface area contributed by atoms with Crippen LogP contribution in [0.15, 0.2) is 36.4 Å². The van der Waals surface area contributed by atoms with E-state index in [0.29, 0.717) is 48.9 Å². The highest BCUT2D eigenvalue weighted by atomic mass is 32.2. The lowest BCUT2D eigenvalue weighted by molar-refractivity contribution is -0.142. The second-order valence-electron chi connectivity index (χ2n) is 14.7. The molecule has 7 atom stereocenters. The van der Waals surface area contributed by atoms with Gasteiger partial charge in [-0.1, -0.05) is 38.1 Å². The van der Waals surface area contributed by atoms with Crippen LogP contribution in [0.5, 0.6) is 11.8 Å². The zero-order chi connectivity index (χ0) is 36.7. The summed E-state index contributed by atoms with van der Waals surface area (Å²) in [7, 11) is -4.00. The summed E-state index contributed by atoms with van der Waals surface area (Å²) in [4.78, 5) is 55.7. The number of fused-ring (bicyclic) bond motifs is 3. The van der Waals surface area contributed by atoms with Gasteiger partial charge in [0.25, 0.3) is 5.91 Å². The van der Waals surface area contributed by atoms with Crippen LogP contribution in [0.1, 0.15) is 72.6 Å². The summed E-state index contributed by atoms with van der Waals surface area (Å²) in [6.07, 6.45) is 4.56. The summed E-state index contributed by atoms with van der Waals surface area (Å²) in [6, 6.07) is 4.90. The van der Waals surface area contributed by atoms with Gasteiger partial charge < -0.3 is 30.1 Å². The monoisotopic (exact) mass is 726 g/mol. The van der Waals surface area contributed by atoms with Crippen molar-refractivity contribution in [3.8, 4) is 11.8 Å². The highest BCUT2D eigenvalue weighted by Crippen LogP contribution is 2.47. The molecule has 1 aromatic carbocycles. The lowest BCUT2D eigenvalue weighted by Crippen LogP contribution is -2.59. The molecule has 0 bridgehead atoms. The van der Waals surface area contributed by atoms with Crippen LogP contribution in [0.25, 0.3) is 10.8 Å². The van der Waals surface area contributed by atoms with E-state index in [1.54, 1.807) is 19.9 Å². The minimum Gasteiger partial charge on any atom is -0.476 e. The molecular weight excluding hydrogens is 680 g/mol. The zero-order valence-electron chi connectivity index (χ0n) is 29.3. The normalized spacial score (nSPS) is 31.2. The maximum absolute atomic E-state index is 14.3. The summed E-state index contributed by atoms with van der Waals surface area (Å²) in [5.74, 6) is -2.37. The van der Waals surface area contributed by atoms with Gasteiger partial charge in [-0.25, -0.2) is 13.2 Å². The third-order valence-corrected chi connectivity index (χ3v) is 12.9. The third-order valence-electron chi connectivity index (χ3n) is 10.7. The molecule has 3 fully saturated rings. The summed E-state index contributed by atoms with van der Waals surface area (Å²) in [5, 5.41) is 24.7. The lowest BCUT2D eigenvalue weighted by Gasteiger charge is -2.32. The molecule has 0 unspecified atom stereocenters. The Morgan fingerprint density at radius 1 is 1.10 bits per heavy atom. The van der Waals surface area contributed by atoms with Gasteiger partial charge in [-0.05, 0) is 76.3 Å². The van der Waals surface area contributed by atoms with Crippen molar-refractivity contribution in [1.82, 2.24) is 30.5 Å². The van der Waals surface area contributed by atoms with Crippen LogP contribution in [0.4, 0.5) is 4.79 Å². The number of sulfonamides is 1. The van der Waals surface area contributed by atoms with Gasteiger partial charge in [-0.15, -0.1) is 10.2 Å². The molecule has 4 aliphatic rings. The number of allylic oxidation sites excluding steroid dienone is 1. The van der Waals surface area contributed by atoms with Crippen molar-refractivity contribution in [2.24, 2.45) is 17.8 Å². The first kappa shape index (κ1) is 36.3. The number of aromatic nitrogens is 2. The molecule has 4 amide bonds. The van der Waals surface area contributed by atoms with Gasteiger partial charge in [-0.3, -0.25) is 19.1 Å². The van der Waals surface area contributed by atoms with Gasteiger partial charge in [0, 0.05) is 12.3 Å². The van der Waals surface area contributed by atoms with E-state index in [9.17, 15) is 32.7 Å². The fourth-order valence-electron chi connectivity index (χ4n) is 7.27. The number of carbonyl (C=O) groups excluding carboxylic acids is 3. The van der Waals surface area contributed by atoms with E-state index in [-0.39, 0.29) is 31.2 Å². The number of ether oxygens (including phenoxy) is 2. The van der Waals surface area contributed by atoms with Crippen molar-refractivity contribution >= 4 is 44.6 Å². The number of hydrogen-bond donors (Lipinski definition) is 4. The van der Waals surface area contributed by atoms with Gasteiger partial charge >= 0.3 is 6.09 Å². The molecule has 51 heavy (non-hydrogen) atoms. The van der Waals surface area contributed by atoms with Crippen LogP contribution in [0.3, 0.4) is 0 Å². The number of benzene rings is 1. The van der Waals surface area contributed by atoms with Crippen LogP contribution in [0, 0.1) is 17.8 Å². The predicted molar refractivity (Wildman–Crippen MR) is 185 cm³/mol. The number of carbonyl (C=O) groups is 4. The van der Waals surface area contributed by atoms with E-state index < -0.39 is 74.1 Å². The summed E-state index contributed by atoms with van der Waals surface area (Å²) in [5.41, 5.74) is -1.55. The molecule has 2 aliphatic heterocycles. The predicted octanol–water partition coefficient (Wildman–Crippen LogP) is 2.90. The van der Waals surface area contributed by atoms with Gasteiger partial charge in [0.2, 0.25) is 33.6 Å². The summed E-state index contributed by atoms with van der Waals surface area (Å²) in [6.45, 7) is 7.52. The molecule has 16 heteroatoms. The molecule has 1 saturated heterocycles. The minimum atomic E-state index is -4.00. The largest absolute Gasteiger partial charge is 0.476 e. The topological polar surface area (TPSA) is 206 Å². The number of nitrogens with zero attached hydrogens (tertiary/aromatic N) is 3. The van der Waals surface area contributed by atoms with E-state index >= 15 is 0 Å². The Morgan fingerprint density at radius 2 is 1.78 bits per heavy atom. The standard InChI is InChI=1S/C35H46N6O9S/c1-5-49-29-24-12-8-9-13-25(24)30(39-38-29)50-23-17-26-28(42)37-35(32(44)40-51(47,48)34(4)14-15-34)18-22(35)11-7-6-10-20(2)16-21(3)27(36-33(45)46)31(43)41(26)19-23/h7-9,11-13,20-23,26-27,36H,5-6,10,14-19H2,1-4H3,(H,37,42)(H,40,44)(H,45,46)/b11-7-/t20-,21-,22-,23-,26+,27+,35-/m1/s1. The molecule has 2 aliphatic carbocycles. The van der Waals surface area contributed by atoms with Gasteiger partial charge in [-0.2, -0.15) is 0 Å². The second kappa shape index (κ2) is 13.9. The molecule has 15 nitrogen and oxygen atoms in total. The second-order valence-corrected chi connectivity index (χ2v) is 16.9. The average molecular weight is 727 g/mol. The molecule has 276 valence electrons. The molecule has 0 radical (unpaired) electrons. The van der Waals surface area contributed by atoms with Gasteiger partial charge in [0.1, 0.15) is 23.7 Å². The fourth-order valence-corrected chi connectivity index (χ4v) is 8.58. The van der Waals surface area contributed by atoms with E-state index in [4.69, 9.17) is 9.47 Å². The molecule has 3 heterocycles. The smallest absolute Gasteiger partial charge is 0.405 e. The van der Waals surface area contributed by atoms with Crippen molar-refractivity contribution in [1.29, 1.82) is 0 Å². The van der Waals surface area contributed by atoms with Crippen LogP contribution in [0.2, 0.25) is 0 Å². The van der Waals surface area contributed by atoms with Gasteiger partial charge in [0.15, 0.2) is 0 Å². The average Bonchev–Trinajstić information content (AvgIpc) is 3.96. The molecule has 0 spiro atoms. The van der Waals surface area contributed by atoms with E-state index in [1.807, 2.05) is 44.2 Å². The molecular formula is C35H46N6O9S. The fraction of sp³-hybridized carbons (Fsp3) is 0.600. The molecule has 4 N–H and O–H groups in total. The molecule has 2 saturated carbocycles. The maximum atomic E-state index is 14.3. The Morgan fingerprint density at radius 3 is 2.45 bits per heavy atom. The van der Waals surface area contributed by atoms with Crippen LogP contribution in [-0.2, 0) is 24.4 Å². The van der Waals surface area contributed by atoms with Crippen molar-refractivity contribution < 1.29 is 42.2 Å². The van der Waals surface area contributed by atoms with Crippen molar-refractivity contribution in [2.75, 3.05) is 13.2 Å². The first-order valence-corrected chi connectivity index (χ1v) is 19.1. The number of amides is 4. The highest BCUT2D eigenvalue weighted by molar-refractivity contribution is 7.91. The third kappa shape index (κ3) is 7.32. The van der Waals surface area contributed by atoms with Crippen molar-refractivity contribution in [3.63, 3.8) is 0 Å². The molecule has 1 aromatic heterocycles. The first-order chi connectivity index (χ1) is 24.2. The Hall–Kier alpha value is -4.47. The Kier molecular flexibility index (Phi) is 9.92. The van der Waals surface area contributed by atoms with Gasteiger partial charge in [0.05, 0.1) is 28.7 Å². The minimum absolute atomic E-state index is 0.0139. The molecule has 2 aromatic rings. The van der Waals surface area contributed by atoms with E-state index in [1.165, 1.54) is 4.90 Å². The summed E-state index contributed by atoms with van der Waals surface area (Å²) < 4.78 is 39.3. The Labute approximate surface area is 296 Å². The Balaban J connectivity index is 1.34. The number of hydrogen-bond acceptors (Lipinski definition) is 10. The zero-order valence-corrected chi connectivity index (χ0v) is 30.1. The van der Waals surface area contributed by atoms with Crippen LogP contribution < -0.4 is 24.8 Å². The lowest BCUT2D eigenvalue weighted by atomic mass is 9.88. The van der Waals surface area contributed by atoms with E-state index in [0.717, 1.165) is 6.42 Å². The summed E-state index contributed by atoms with van der Waals surface area (Å²) >= 11 is 0. The Bertz CT molecular complexity index is 1850. The van der Waals surface area contributed by atoms with Crippen molar-refractivity contribution in [3.05, 3.63) is 36.4 Å². The van der Waals surface area contributed by atoms with E-state index in [2.05, 4.69) is 25.6 Å².